The van der Waals surface area contributed by atoms with Gasteiger partial charge >= 0.3 is 0 Å². The molecule has 1 aliphatic heterocycles. The molecule has 3 heterocycles. The van der Waals surface area contributed by atoms with Gasteiger partial charge in [0.1, 0.15) is 10.5 Å². The third-order valence-electron chi connectivity index (χ3n) is 4.13. The minimum atomic E-state index is -0.0265. The fourth-order valence-electron chi connectivity index (χ4n) is 2.90. The highest BCUT2D eigenvalue weighted by Gasteiger charge is 2.24. The van der Waals surface area contributed by atoms with Crippen LogP contribution in [-0.4, -0.2) is 40.8 Å². The number of hydrogen-bond acceptors (Lipinski definition) is 7. The summed E-state index contributed by atoms with van der Waals surface area (Å²) in [7, 11) is 0. The second kappa shape index (κ2) is 6.33. The van der Waals surface area contributed by atoms with Crippen LogP contribution in [0.2, 0.25) is 5.02 Å². The van der Waals surface area contributed by atoms with E-state index in [1.165, 1.54) is 11.3 Å². The highest BCUT2D eigenvalue weighted by atomic mass is 35.5. The topological polar surface area (TPSA) is 74.4 Å². The predicted molar refractivity (Wildman–Crippen MR) is 95.7 cm³/mol. The van der Waals surface area contributed by atoms with Gasteiger partial charge in [-0.1, -0.05) is 11.6 Å². The fraction of sp³-hybridized carbons (Fsp3) is 0.375. The Bertz CT molecular complexity index is 878. The molecule has 24 heavy (non-hydrogen) atoms. The standard InChI is InChI=1S/C16H17ClN4O2S/c1-9-6-18-2-3-21(9)16-20-13-5-10(17)4-12(14(13)23-16)15-19-7-11(8-22)24-15/h4-5,7,9,18,22H,2-3,6,8H2,1H3. The molecule has 8 heteroatoms. The van der Waals surface area contributed by atoms with Crippen LogP contribution in [0.1, 0.15) is 11.8 Å². The number of oxazole rings is 1. The van der Waals surface area contributed by atoms with Gasteiger partial charge in [-0.2, -0.15) is 4.98 Å². The van der Waals surface area contributed by atoms with Crippen molar-refractivity contribution in [2.45, 2.75) is 19.6 Å². The number of nitrogens with one attached hydrogen (secondary N) is 1. The fourth-order valence-corrected chi connectivity index (χ4v) is 3.90. The number of aliphatic hydroxyl groups is 1. The molecule has 126 valence electrons. The number of aliphatic hydroxyl groups excluding tert-OH is 1. The Morgan fingerprint density at radius 3 is 3.12 bits per heavy atom. The summed E-state index contributed by atoms with van der Waals surface area (Å²) in [5.74, 6) is 0. The quantitative estimate of drug-likeness (QED) is 0.744. The summed E-state index contributed by atoms with van der Waals surface area (Å²) in [5.41, 5.74) is 2.21. The van der Waals surface area contributed by atoms with Crippen molar-refractivity contribution < 1.29 is 9.52 Å². The molecule has 1 aliphatic rings. The first-order valence-corrected chi connectivity index (χ1v) is 8.98. The van der Waals surface area contributed by atoms with Gasteiger partial charge in [-0.15, -0.1) is 11.3 Å². The van der Waals surface area contributed by atoms with Gasteiger partial charge in [-0.25, -0.2) is 4.98 Å². The lowest BCUT2D eigenvalue weighted by atomic mass is 10.2. The van der Waals surface area contributed by atoms with Crippen molar-refractivity contribution in [2.75, 3.05) is 24.5 Å². The van der Waals surface area contributed by atoms with Gasteiger partial charge in [0, 0.05) is 36.9 Å². The summed E-state index contributed by atoms with van der Waals surface area (Å²) in [6.07, 6.45) is 1.67. The average molecular weight is 365 g/mol. The lowest BCUT2D eigenvalue weighted by Gasteiger charge is -2.32. The number of piperazine rings is 1. The zero-order valence-corrected chi connectivity index (χ0v) is 14.7. The van der Waals surface area contributed by atoms with E-state index in [4.69, 9.17) is 16.0 Å². The normalized spacial score (nSPS) is 18.5. The molecule has 0 bridgehead atoms. The molecule has 1 aromatic carbocycles. The highest BCUT2D eigenvalue weighted by Crippen LogP contribution is 2.36. The first-order chi connectivity index (χ1) is 11.7. The molecule has 4 rings (SSSR count). The molecular weight excluding hydrogens is 348 g/mol. The zero-order valence-electron chi connectivity index (χ0n) is 13.1. The van der Waals surface area contributed by atoms with Crippen molar-refractivity contribution in [3.8, 4) is 10.6 Å². The number of halogens is 1. The number of anilines is 1. The molecule has 1 unspecified atom stereocenters. The molecule has 0 radical (unpaired) electrons. The first-order valence-electron chi connectivity index (χ1n) is 7.79. The van der Waals surface area contributed by atoms with Crippen molar-refractivity contribution >= 4 is 40.1 Å². The Morgan fingerprint density at radius 1 is 1.50 bits per heavy atom. The van der Waals surface area contributed by atoms with Crippen LogP contribution in [0, 0.1) is 0 Å². The van der Waals surface area contributed by atoms with E-state index >= 15 is 0 Å². The smallest absolute Gasteiger partial charge is 0.298 e. The predicted octanol–water partition coefficient (Wildman–Crippen LogP) is 2.90. The van der Waals surface area contributed by atoms with E-state index in [1.54, 1.807) is 12.3 Å². The van der Waals surface area contributed by atoms with E-state index in [9.17, 15) is 5.11 Å². The van der Waals surface area contributed by atoms with Gasteiger partial charge in [-0.3, -0.25) is 0 Å². The summed E-state index contributed by atoms with van der Waals surface area (Å²) in [4.78, 5) is 12.0. The summed E-state index contributed by atoms with van der Waals surface area (Å²) in [5, 5.41) is 14.0. The maximum atomic E-state index is 9.27. The van der Waals surface area contributed by atoms with Crippen LogP contribution in [-0.2, 0) is 6.61 Å². The maximum absolute atomic E-state index is 9.27. The molecular formula is C16H17ClN4O2S. The van der Waals surface area contributed by atoms with E-state index in [2.05, 4.69) is 27.1 Å². The molecule has 0 aliphatic carbocycles. The van der Waals surface area contributed by atoms with Crippen molar-refractivity contribution in [1.29, 1.82) is 0 Å². The van der Waals surface area contributed by atoms with Crippen molar-refractivity contribution in [1.82, 2.24) is 15.3 Å². The van der Waals surface area contributed by atoms with E-state index in [0.29, 0.717) is 22.7 Å². The number of nitrogens with zero attached hydrogens (tertiary/aromatic N) is 3. The minimum Gasteiger partial charge on any atom is -0.423 e. The molecule has 3 aromatic rings. The Kier molecular flexibility index (Phi) is 4.17. The van der Waals surface area contributed by atoms with Crippen LogP contribution < -0.4 is 10.2 Å². The Morgan fingerprint density at radius 2 is 2.38 bits per heavy atom. The van der Waals surface area contributed by atoms with Crippen LogP contribution in [0.5, 0.6) is 0 Å². The molecule has 2 aromatic heterocycles. The van der Waals surface area contributed by atoms with Gasteiger partial charge in [-0.05, 0) is 19.1 Å². The second-order valence-corrected chi connectivity index (χ2v) is 7.39. The summed E-state index contributed by atoms with van der Waals surface area (Å²) >= 11 is 7.68. The van der Waals surface area contributed by atoms with Crippen molar-refractivity contribution in [3.63, 3.8) is 0 Å². The van der Waals surface area contributed by atoms with E-state index in [-0.39, 0.29) is 6.61 Å². The Labute approximate surface area is 148 Å². The lowest BCUT2D eigenvalue weighted by Crippen LogP contribution is -2.50. The highest BCUT2D eigenvalue weighted by molar-refractivity contribution is 7.15. The molecule has 0 saturated carbocycles. The number of hydrogen-bond donors (Lipinski definition) is 2. The van der Waals surface area contributed by atoms with Crippen molar-refractivity contribution in [2.24, 2.45) is 0 Å². The van der Waals surface area contributed by atoms with Gasteiger partial charge < -0.3 is 19.7 Å². The summed E-state index contributed by atoms with van der Waals surface area (Å²) in [6, 6.07) is 4.56. The maximum Gasteiger partial charge on any atom is 0.298 e. The van der Waals surface area contributed by atoms with E-state index < -0.39 is 0 Å². The molecule has 1 fully saturated rings. The summed E-state index contributed by atoms with van der Waals surface area (Å²) in [6.45, 7) is 4.77. The third-order valence-corrected chi connectivity index (χ3v) is 5.36. The molecule has 0 spiro atoms. The Hall–Kier alpha value is -1.67. The van der Waals surface area contributed by atoms with Gasteiger partial charge in [0.2, 0.25) is 0 Å². The number of aromatic nitrogens is 2. The first kappa shape index (κ1) is 15.8. The van der Waals surface area contributed by atoms with Crippen LogP contribution in [0.15, 0.2) is 22.7 Å². The monoisotopic (exact) mass is 364 g/mol. The van der Waals surface area contributed by atoms with Gasteiger partial charge in [0.15, 0.2) is 5.58 Å². The largest absolute Gasteiger partial charge is 0.423 e. The average Bonchev–Trinajstić information content (AvgIpc) is 3.20. The third kappa shape index (κ3) is 2.77. The zero-order chi connectivity index (χ0) is 16.7. The summed E-state index contributed by atoms with van der Waals surface area (Å²) < 4.78 is 6.09. The van der Waals surface area contributed by atoms with Crippen LogP contribution in [0.3, 0.4) is 0 Å². The van der Waals surface area contributed by atoms with Crippen LogP contribution >= 0.6 is 22.9 Å². The van der Waals surface area contributed by atoms with Crippen LogP contribution in [0.4, 0.5) is 6.01 Å². The molecule has 6 nitrogen and oxygen atoms in total. The molecule has 0 amide bonds. The Balaban J connectivity index is 1.82. The number of benzene rings is 1. The molecule has 2 N–H and O–H groups in total. The van der Waals surface area contributed by atoms with E-state index in [0.717, 1.165) is 40.6 Å². The minimum absolute atomic E-state index is 0.0265. The number of rotatable bonds is 3. The number of fused-ring (bicyclic) bond motifs is 1. The van der Waals surface area contributed by atoms with E-state index in [1.807, 2.05) is 6.07 Å². The number of thiazole rings is 1. The lowest BCUT2D eigenvalue weighted by molar-refractivity contribution is 0.285. The van der Waals surface area contributed by atoms with Crippen molar-refractivity contribution in [3.05, 3.63) is 28.2 Å². The molecule has 1 saturated heterocycles. The SMILES string of the molecule is CC1CNCCN1c1nc2cc(Cl)cc(-c3ncc(CO)s3)c2o1. The molecule has 1 atom stereocenters. The second-order valence-electron chi connectivity index (χ2n) is 5.83. The van der Waals surface area contributed by atoms with Crippen LogP contribution in [0.25, 0.3) is 21.7 Å². The van der Waals surface area contributed by atoms with Gasteiger partial charge in [0.25, 0.3) is 6.01 Å². The van der Waals surface area contributed by atoms with Gasteiger partial charge in [0.05, 0.1) is 17.0 Å².